The second-order valence-corrected chi connectivity index (χ2v) is 5.52. The first-order valence-electron chi connectivity index (χ1n) is 7.22. The average molecular weight is 242 g/mol. The van der Waals surface area contributed by atoms with E-state index in [9.17, 15) is 0 Å². The Kier molecular flexibility index (Phi) is 5.75. The Morgan fingerprint density at radius 1 is 1.00 bits per heavy atom. The Hall–Kier alpha value is -0.120. The molecule has 3 nitrogen and oxygen atoms in total. The Bertz CT molecular complexity index is 194. The molecular weight excluding hydrogens is 216 g/mol. The van der Waals surface area contributed by atoms with Crippen LogP contribution in [0.15, 0.2) is 0 Å². The Morgan fingerprint density at radius 3 is 2.41 bits per heavy atom. The zero-order valence-electron chi connectivity index (χ0n) is 10.8. The molecule has 1 aliphatic carbocycles. The summed E-state index contributed by atoms with van der Waals surface area (Å²) < 4.78 is 11.3. The molecule has 1 N–H and O–H groups in total. The van der Waals surface area contributed by atoms with Crippen molar-refractivity contribution in [2.24, 2.45) is 11.8 Å². The molecule has 2 fully saturated rings. The summed E-state index contributed by atoms with van der Waals surface area (Å²) in [5.41, 5.74) is 0. The minimum atomic E-state index is 0.0672. The van der Waals surface area contributed by atoms with Crippen molar-refractivity contribution in [3.05, 3.63) is 0 Å². The van der Waals surface area contributed by atoms with E-state index in [0.717, 1.165) is 32.0 Å². The standard InChI is InChI=1S/C14H26O3/c15-11-13-6-4-12(5-7-13)8-10-17-14-3-1-2-9-16-14/h12-15H,1-11H2/t12?,13?,14-/m1/s1. The summed E-state index contributed by atoms with van der Waals surface area (Å²) in [5.74, 6) is 1.37. The summed E-state index contributed by atoms with van der Waals surface area (Å²) in [6.45, 7) is 2.09. The van der Waals surface area contributed by atoms with Crippen molar-refractivity contribution in [3.8, 4) is 0 Å². The number of rotatable bonds is 5. The second kappa shape index (κ2) is 7.34. The molecule has 100 valence electrons. The van der Waals surface area contributed by atoms with Gasteiger partial charge < -0.3 is 14.6 Å². The molecule has 2 rings (SSSR count). The van der Waals surface area contributed by atoms with Gasteiger partial charge in [-0.1, -0.05) is 12.8 Å². The van der Waals surface area contributed by atoms with Crippen LogP contribution in [0.4, 0.5) is 0 Å². The molecule has 0 spiro atoms. The van der Waals surface area contributed by atoms with E-state index in [4.69, 9.17) is 14.6 Å². The van der Waals surface area contributed by atoms with E-state index in [2.05, 4.69) is 0 Å². The molecular formula is C14H26O3. The van der Waals surface area contributed by atoms with Gasteiger partial charge in [0.2, 0.25) is 0 Å². The van der Waals surface area contributed by atoms with Crippen molar-refractivity contribution in [2.75, 3.05) is 19.8 Å². The molecule has 0 aromatic heterocycles. The van der Waals surface area contributed by atoms with E-state index in [0.29, 0.717) is 12.5 Å². The van der Waals surface area contributed by atoms with Gasteiger partial charge in [0.1, 0.15) is 0 Å². The fourth-order valence-electron chi connectivity index (χ4n) is 2.91. The van der Waals surface area contributed by atoms with Crippen LogP contribution in [-0.2, 0) is 9.47 Å². The van der Waals surface area contributed by atoms with Crippen LogP contribution in [0.5, 0.6) is 0 Å². The maximum Gasteiger partial charge on any atom is 0.157 e. The number of aliphatic hydroxyl groups excluding tert-OH is 1. The van der Waals surface area contributed by atoms with Gasteiger partial charge in [0.05, 0.1) is 0 Å². The zero-order valence-corrected chi connectivity index (χ0v) is 10.8. The number of hydrogen-bond acceptors (Lipinski definition) is 3. The summed E-state index contributed by atoms with van der Waals surface area (Å²) in [6, 6.07) is 0. The Morgan fingerprint density at radius 2 is 1.76 bits per heavy atom. The molecule has 2 aliphatic rings. The minimum Gasteiger partial charge on any atom is -0.396 e. The van der Waals surface area contributed by atoms with Gasteiger partial charge in [-0.15, -0.1) is 0 Å². The highest BCUT2D eigenvalue weighted by atomic mass is 16.7. The maximum atomic E-state index is 9.08. The fourth-order valence-corrected chi connectivity index (χ4v) is 2.91. The van der Waals surface area contributed by atoms with Gasteiger partial charge in [0.15, 0.2) is 6.29 Å². The third-order valence-electron chi connectivity index (χ3n) is 4.19. The van der Waals surface area contributed by atoms with Crippen LogP contribution < -0.4 is 0 Å². The van der Waals surface area contributed by atoms with Gasteiger partial charge in [-0.2, -0.15) is 0 Å². The zero-order chi connectivity index (χ0) is 11.9. The summed E-state index contributed by atoms with van der Waals surface area (Å²) in [7, 11) is 0. The van der Waals surface area contributed by atoms with E-state index < -0.39 is 0 Å². The molecule has 17 heavy (non-hydrogen) atoms. The first kappa shape index (κ1) is 13.3. The molecule has 1 saturated heterocycles. The number of aliphatic hydroxyl groups is 1. The molecule has 0 unspecified atom stereocenters. The Balaban J connectivity index is 1.53. The van der Waals surface area contributed by atoms with Crippen LogP contribution in [-0.4, -0.2) is 31.2 Å². The molecule has 0 aromatic rings. The third-order valence-corrected chi connectivity index (χ3v) is 4.19. The molecule has 3 heteroatoms. The van der Waals surface area contributed by atoms with E-state index in [1.807, 2.05) is 0 Å². The predicted molar refractivity (Wildman–Crippen MR) is 66.7 cm³/mol. The predicted octanol–water partition coefficient (Wildman–Crippen LogP) is 2.72. The van der Waals surface area contributed by atoms with Crippen LogP contribution in [0.25, 0.3) is 0 Å². The van der Waals surface area contributed by atoms with Crippen LogP contribution in [0.1, 0.15) is 51.4 Å². The van der Waals surface area contributed by atoms with Crippen molar-refractivity contribution in [3.63, 3.8) is 0 Å². The number of hydrogen-bond donors (Lipinski definition) is 1. The minimum absolute atomic E-state index is 0.0672. The average Bonchev–Trinajstić information content (AvgIpc) is 2.41. The van der Waals surface area contributed by atoms with Gasteiger partial charge in [-0.3, -0.25) is 0 Å². The smallest absolute Gasteiger partial charge is 0.157 e. The largest absolute Gasteiger partial charge is 0.396 e. The van der Waals surface area contributed by atoms with Gasteiger partial charge >= 0.3 is 0 Å². The van der Waals surface area contributed by atoms with E-state index in [1.165, 1.54) is 38.5 Å². The summed E-state index contributed by atoms with van der Waals surface area (Å²) >= 11 is 0. The highest BCUT2D eigenvalue weighted by molar-refractivity contribution is 4.72. The van der Waals surface area contributed by atoms with Gasteiger partial charge in [0.25, 0.3) is 0 Å². The normalized spacial score (nSPS) is 34.8. The van der Waals surface area contributed by atoms with Crippen LogP contribution in [0.3, 0.4) is 0 Å². The molecule has 0 amide bonds. The molecule has 0 aromatic carbocycles. The lowest BCUT2D eigenvalue weighted by atomic mass is 9.81. The van der Waals surface area contributed by atoms with Crippen LogP contribution >= 0.6 is 0 Å². The molecule has 1 saturated carbocycles. The quantitative estimate of drug-likeness (QED) is 0.805. The third kappa shape index (κ3) is 4.57. The highest BCUT2D eigenvalue weighted by Crippen LogP contribution is 2.30. The maximum absolute atomic E-state index is 9.08. The van der Waals surface area contributed by atoms with Crippen molar-refractivity contribution < 1.29 is 14.6 Å². The van der Waals surface area contributed by atoms with Gasteiger partial charge in [-0.05, 0) is 50.4 Å². The molecule has 1 aliphatic heterocycles. The highest BCUT2D eigenvalue weighted by Gasteiger charge is 2.21. The first-order chi connectivity index (χ1) is 8.38. The summed E-state index contributed by atoms with van der Waals surface area (Å²) in [6.07, 6.45) is 9.65. The summed E-state index contributed by atoms with van der Waals surface area (Å²) in [5, 5.41) is 9.08. The molecule has 1 heterocycles. The second-order valence-electron chi connectivity index (χ2n) is 5.52. The van der Waals surface area contributed by atoms with Crippen molar-refractivity contribution in [1.29, 1.82) is 0 Å². The topological polar surface area (TPSA) is 38.7 Å². The number of ether oxygens (including phenoxy) is 2. The van der Waals surface area contributed by atoms with Crippen molar-refractivity contribution in [1.82, 2.24) is 0 Å². The molecule has 1 atom stereocenters. The van der Waals surface area contributed by atoms with Crippen LogP contribution in [0, 0.1) is 11.8 Å². The van der Waals surface area contributed by atoms with Crippen molar-refractivity contribution >= 4 is 0 Å². The van der Waals surface area contributed by atoms with E-state index in [1.54, 1.807) is 0 Å². The molecule has 0 bridgehead atoms. The van der Waals surface area contributed by atoms with E-state index >= 15 is 0 Å². The van der Waals surface area contributed by atoms with E-state index in [-0.39, 0.29) is 6.29 Å². The SMILES string of the molecule is OCC1CCC(CCO[C@@H]2CCCCO2)CC1. The molecule has 0 radical (unpaired) electrons. The van der Waals surface area contributed by atoms with Gasteiger partial charge in [-0.25, -0.2) is 0 Å². The van der Waals surface area contributed by atoms with Crippen LogP contribution in [0.2, 0.25) is 0 Å². The van der Waals surface area contributed by atoms with Gasteiger partial charge in [0, 0.05) is 19.8 Å². The monoisotopic (exact) mass is 242 g/mol. The van der Waals surface area contributed by atoms with Crippen molar-refractivity contribution in [2.45, 2.75) is 57.7 Å². The first-order valence-corrected chi connectivity index (χ1v) is 7.22. The lowest BCUT2D eigenvalue weighted by Crippen LogP contribution is -2.24. The Labute approximate surface area is 104 Å². The lowest BCUT2D eigenvalue weighted by molar-refractivity contribution is -0.164. The summed E-state index contributed by atoms with van der Waals surface area (Å²) in [4.78, 5) is 0. The fraction of sp³-hybridized carbons (Fsp3) is 1.00. The lowest BCUT2D eigenvalue weighted by Gasteiger charge is -2.28.